The van der Waals surface area contributed by atoms with Crippen molar-refractivity contribution >= 4 is 17.5 Å². The highest BCUT2D eigenvalue weighted by atomic mass is 32.2. The van der Waals surface area contributed by atoms with E-state index >= 15 is 0 Å². The predicted molar refractivity (Wildman–Crippen MR) is 91.4 cm³/mol. The van der Waals surface area contributed by atoms with Crippen LogP contribution in [-0.2, 0) is 16.1 Å². The molecule has 9 heteroatoms. The summed E-state index contributed by atoms with van der Waals surface area (Å²) in [7, 11) is 0. The minimum atomic E-state index is -4.50. The maximum Gasteiger partial charge on any atom is 0.410 e. The molecule has 1 amide bonds. The van der Waals surface area contributed by atoms with Crippen LogP contribution >= 0.6 is 0 Å². The van der Waals surface area contributed by atoms with Crippen molar-refractivity contribution < 1.29 is 27.3 Å². The summed E-state index contributed by atoms with van der Waals surface area (Å²) in [5.74, 6) is -0.731. The van der Waals surface area contributed by atoms with Crippen LogP contribution in [0.5, 0.6) is 0 Å². The molecule has 0 unspecified atom stereocenters. The van der Waals surface area contributed by atoms with Gasteiger partial charge >= 0.3 is 12.3 Å². The average Bonchev–Trinajstić information content (AvgIpc) is 2.40. The number of amides is 1. The van der Waals surface area contributed by atoms with Crippen molar-refractivity contribution in [3.63, 3.8) is 0 Å². The highest BCUT2D eigenvalue weighted by Gasteiger charge is 2.49. The van der Waals surface area contributed by atoms with Gasteiger partial charge in [0.1, 0.15) is 10.3 Å². The first-order valence-electron chi connectivity index (χ1n) is 8.34. The van der Waals surface area contributed by atoms with Crippen molar-refractivity contribution in [2.45, 2.75) is 77.0 Å². The Balaban J connectivity index is 2.71. The van der Waals surface area contributed by atoms with Crippen LogP contribution in [0.1, 0.15) is 54.4 Å². The van der Waals surface area contributed by atoms with E-state index < -0.39 is 45.9 Å². The van der Waals surface area contributed by atoms with Gasteiger partial charge in [0.05, 0.1) is 0 Å². The molecule has 2 atom stereocenters. The second-order valence-electron chi connectivity index (χ2n) is 8.32. The van der Waals surface area contributed by atoms with Gasteiger partial charge in [-0.15, -0.1) is 4.72 Å². The van der Waals surface area contributed by atoms with Crippen LogP contribution in [0.4, 0.5) is 18.0 Å². The van der Waals surface area contributed by atoms with Crippen LogP contribution in [-0.4, -0.2) is 51.2 Å². The fraction of sp³-hybridized carbons (Fsp3) is 0.938. The standard InChI is InChI=1S/C16H29F3N2O3S/c1-14(2,3)24-13(22)21-9-7-11(8-10-21)12(16(17,18)19)20-25(23)15(4,5)6/h11-12,20H,7-10H2,1-6H3/t12-,25-/m0/s1. The Morgan fingerprint density at radius 1 is 1.16 bits per heavy atom. The summed E-state index contributed by atoms with van der Waals surface area (Å²) in [6.07, 6.45) is -4.66. The number of piperidine rings is 1. The van der Waals surface area contributed by atoms with Gasteiger partial charge in [0.25, 0.3) is 0 Å². The number of carbonyl (C=O) groups excluding carboxylic acids is 1. The SMILES string of the molecule is CC(C)(C)OC(=O)N1CCC([C@H](N[S@@+]([O-])C(C)(C)C)C(F)(F)F)CC1. The van der Waals surface area contributed by atoms with Crippen molar-refractivity contribution in [1.29, 1.82) is 0 Å². The first-order valence-corrected chi connectivity index (χ1v) is 9.49. The summed E-state index contributed by atoms with van der Waals surface area (Å²) in [5.41, 5.74) is -0.645. The number of ether oxygens (including phenoxy) is 1. The predicted octanol–water partition coefficient (Wildman–Crippen LogP) is 3.62. The second-order valence-corrected chi connectivity index (χ2v) is 10.3. The van der Waals surface area contributed by atoms with Crippen molar-refractivity contribution in [2.24, 2.45) is 5.92 Å². The van der Waals surface area contributed by atoms with E-state index in [4.69, 9.17) is 4.74 Å². The molecular formula is C16H29F3N2O3S. The number of nitrogens with zero attached hydrogens (tertiary/aromatic N) is 1. The lowest BCUT2D eigenvalue weighted by atomic mass is 9.89. The zero-order chi connectivity index (χ0) is 19.6. The molecule has 0 bridgehead atoms. The van der Waals surface area contributed by atoms with Gasteiger partial charge in [0.15, 0.2) is 6.04 Å². The molecule has 0 aromatic carbocycles. The molecule has 0 saturated carbocycles. The summed E-state index contributed by atoms with van der Waals surface area (Å²) in [6, 6.07) is -1.85. The van der Waals surface area contributed by atoms with E-state index in [0.29, 0.717) is 0 Å². The first kappa shape index (κ1) is 22.4. The molecule has 1 rings (SSSR count). The molecule has 1 aliphatic rings. The Morgan fingerprint density at radius 2 is 1.64 bits per heavy atom. The summed E-state index contributed by atoms with van der Waals surface area (Å²) in [4.78, 5) is 13.4. The molecule has 0 radical (unpaired) electrons. The summed E-state index contributed by atoms with van der Waals surface area (Å²) in [6.45, 7) is 10.5. The minimum Gasteiger partial charge on any atom is -0.598 e. The second kappa shape index (κ2) is 7.92. The van der Waals surface area contributed by atoms with Gasteiger partial charge in [-0.25, -0.2) is 4.79 Å². The molecule has 25 heavy (non-hydrogen) atoms. The summed E-state index contributed by atoms with van der Waals surface area (Å²) < 4.78 is 59.1. The number of alkyl halides is 3. The van der Waals surface area contributed by atoms with Crippen molar-refractivity contribution in [2.75, 3.05) is 13.1 Å². The van der Waals surface area contributed by atoms with Crippen molar-refractivity contribution in [3.05, 3.63) is 0 Å². The normalized spacial score (nSPS) is 20.3. The largest absolute Gasteiger partial charge is 0.598 e. The maximum atomic E-state index is 13.4. The van der Waals surface area contributed by atoms with Crippen molar-refractivity contribution in [3.8, 4) is 0 Å². The molecule has 0 aliphatic carbocycles. The van der Waals surface area contributed by atoms with E-state index in [1.807, 2.05) is 0 Å². The van der Waals surface area contributed by atoms with Crippen LogP contribution in [0, 0.1) is 5.92 Å². The molecule has 1 N–H and O–H groups in total. The fourth-order valence-electron chi connectivity index (χ4n) is 2.46. The summed E-state index contributed by atoms with van der Waals surface area (Å²) >= 11 is -1.82. The Labute approximate surface area is 151 Å². The molecule has 1 fully saturated rings. The topological polar surface area (TPSA) is 64.6 Å². The van der Waals surface area contributed by atoms with E-state index in [1.165, 1.54) is 4.90 Å². The third kappa shape index (κ3) is 7.22. The lowest BCUT2D eigenvalue weighted by Crippen LogP contribution is -2.56. The highest BCUT2D eigenvalue weighted by molar-refractivity contribution is 7.90. The van der Waals surface area contributed by atoms with E-state index in [1.54, 1.807) is 41.5 Å². The number of hydrogen-bond donors (Lipinski definition) is 1. The number of likely N-dealkylation sites (tertiary alicyclic amines) is 1. The first-order chi connectivity index (χ1) is 11.1. The Hall–Kier alpha value is -0.670. The van der Waals surface area contributed by atoms with Gasteiger partial charge in [-0.3, -0.25) is 0 Å². The molecule has 148 valence electrons. The van der Waals surface area contributed by atoms with E-state index in [0.717, 1.165) is 0 Å². The Morgan fingerprint density at radius 3 is 2.00 bits per heavy atom. The van der Waals surface area contributed by atoms with Crippen LogP contribution in [0.25, 0.3) is 0 Å². The van der Waals surface area contributed by atoms with Gasteiger partial charge in [0.2, 0.25) is 0 Å². The zero-order valence-corrected chi connectivity index (χ0v) is 16.5. The number of carbonyl (C=O) groups is 1. The molecule has 1 saturated heterocycles. The third-order valence-corrected chi connectivity index (χ3v) is 5.39. The molecule has 5 nitrogen and oxygen atoms in total. The van der Waals surface area contributed by atoms with E-state index in [-0.39, 0.29) is 25.9 Å². The maximum absolute atomic E-state index is 13.4. The lowest BCUT2D eigenvalue weighted by Gasteiger charge is -2.38. The van der Waals surface area contributed by atoms with Crippen LogP contribution in [0.15, 0.2) is 0 Å². The van der Waals surface area contributed by atoms with Crippen LogP contribution < -0.4 is 4.72 Å². The highest BCUT2D eigenvalue weighted by Crippen LogP contribution is 2.33. The third-order valence-electron chi connectivity index (χ3n) is 3.81. The number of hydrogen-bond acceptors (Lipinski definition) is 4. The molecule has 0 aromatic rings. The van der Waals surface area contributed by atoms with Gasteiger partial charge in [0, 0.05) is 24.5 Å². The van der Waals surface area contributed by atoms with Crippen LogP contribution in [0.2, 0.25) is 0 Å². The minimum absolute atomic E-state index is 0.178. The monoisotopic (exact) mass is 386 g/mol. The van der Waals surface area contributed by atoms with Gasteiger partial charge in [-0.05, 0) is 60.3 Å². The molecular weight excluding hydrogens is 357 g/mol. The van der Waals surface area contributed by atoms with Crippen molar-refractivity contribution in [1.82, 2.24) is 9.62 Å². The Kier molecular flexibility index (Phi) is 7.09. The number of halogens is 3. The number of nitrogens with one attached hydrogen (secondary N) is 1. The van der Waals surface area contributed by atoms with E-state index in [9.17, 15) is 22.5 Å². The van der Waals surface area contributed by atoms with Gasteiger partial charge in [-0.1, -0.05) is 0 Å². The quantitative estimate of drug-likeness (QED) is 0.753. The zero-order valence-electron chi connectivity index (χ0n) is 15.7. The van der Waals surface area contributed by atoms with Gasteiger partial charge < -0.3 is 14.2 Å². The van der Waals surface area contributed by atoms with Gasteiger partial charge in [-0.2, -0.15) is 13.2 Å². The molecule has 1 heterocycles. The van der Waals surface area contributed by atoms with E-state index in [2.05, 4.69) is 4.72 Å². The molecule has 1 aliphatic heterocycles. The smallest absolute Gasteiger partial charge is 0.410 e. The summed E-state index contributed by atoms with van der Waals surface area (Å²) in [5, 5.41) is 0. The van der Waals surface area contributed by atoms with Crippen LogP contribution in [0.3, 0.4) is 0 Å². The fourth-order valence-corrected chi connectivity index (χ4v) is 3.37. The molecule has 0 aromatic heterocycles. The molecule has 0 spiro atoms. The average molecular weight is 386 g/mol. The lowest BCUT2D eigenvalue weighted by molar-refractivity contribution is -0.166. The number of rotatable bonds is 3. The Bertz CT molecular complexity index is 453.